The summed E-state index contributed by atoms with van der Waals surface area (Å²) in [6.45, 7) is 6.23. The molecule has 1 heterocycles. The van der Waals surface area contributed by atoms with Crippen molar-refractivity contribution in [2.75, 3.05) is 11.1 Å². The van der Waals surface area contributed by atoms with Gasteiger partial charge in [-0.15, -0.1) is 10.2 Å². The Bertz CT molecular complexity index is 1090. The highest BCUT2D eigenvalue weighted by molar-refractivity contribution is 7.99. The van der Waals surface area contributed by atoms with E-state index in [1.165, 1.54) is 23.9 Å². The zero-order valence-corrected chi connectivity index (χ0v) is 18.4. The van der Waals surface area contributed by atoms with Gasteiger partial charge in [0.15, 0.2) is 11.0 Å². The second kappa shape index (κ2) is 10.2. The first-order valence-corrected chi connectivity index (χ1v) is 10.9. The van der Waals surface area contributed by atoms with Gasteiger partial charge in [0.25, 0.3) is 5.91 Å². The monoisotopic (exact) mass is 441 g/mol. The second-order valence-electron chi connectivity index (χ2n) is 6.91. The molecule has 0 saturated heterocycles. The molecule has 0 aliphatic rings. The van der Waals surface area contributed by atoms with Crippen LogP contribution < -0.4 is 10.6 Å². The maximum atomic E-state index is 13.7. The number of carbonyl (C=O) groups excluding carboxylic acids is 2. The molecule has 1 aromatic heterocycles. The van der Waals surface area contributed by atoms with Crippen molar-refractivity contribution in [3.63, 3.8) is 0 Å². The summed E-state index contributed by atoms with van der Waals surface area (Å²) in [5.74, 6) is -0.367. The second-order valence-corrected chi connectivity index (χ2v) is 7.85. The number of hydrogen-bond acceptors (Lipinski definition) is 5. The van der Waals surface area contributed by atoms with Crippen molar-refractivity contribution in [3.8, 4) is 0 Å². The van der Waals surface area contributed by atoms with E-state index < -0.39 is 5.82 Å². The van der Waals surface area contributed by atoms with Crippen molar-refractivity contribution in [1.29, 1.82) is 0 Å². The largest absolute Gasteiger partial charge is 0.342 e. The predicted octanol–water partition coefficient (Wildman–Crippen LogP) is 3.97. The molecule has 0 aliphatic heterocycles. The first kappa shape index (κ1) is 22.5. The van der Waals surface area contributed by atoms with E-state index in [9.17, 15) is 14.0 Å². The molecule has 2 amide bonds. The normalized spacial score (nSPS) is 11.7. The highest BCUT2D eigenvalue weighted by atomic mass is 32.2. The van der Waals surface area contributed by atoms with Gasteiger partial charge in [-0.25, -0.2) is 4.39 Å². The number of rotatable bonds is 8. The molecule has 9 heteroatoms. The van der Waals surface area contributed by atoms with Crippen molar-refractivity contribution < 1.29 is 14.0 Å². The number of aryl methyl sites for hydroxylation is 1. The lowest BCUT2D eigenvalue weighted by Gasteiger charge is -2.16. The number of halogens is 1. The number of benzene rings is 2. The molecule has 3 rings (SSSR count). The van der Waals surface area contributed by atoms with Crippen molar-refractivity contribution in [2.45, 2.75) is 38.5 Å². The molecule has 0 aliphatic carbocycles. The summed E-state index contributed by atoms with van der Waals surface area (Å²) in [7, 11) is 0. The van der Waals surface area contributed by atoms with Crippen LogP contribution >= 0.6 is 11.8 Å². The van der Waals surface area contributed by atoms with Gasteiger partial charge in [-0.1, -0.05) is 42.1 Å². The standard InChI is InChI=1S/C22H24FN5O2S/c1-4-28-20(15(3)24-21(30)16-10-6-5-9-14(16)2)26-27-22(28)31-13-19(29)25-18-12-8-7-11-17(18)23/h5-12,15H,4,13H2,1-3H3,(H,24,30)(H,25,29)/t15-/m0/s1. The minimum atomic E-state index is -0.488. The molecule has 2 N–H and O–H groups in total. The van der Waals surface area contributed by atoms with Crippen LogP contribution in [0.15, 0.2) is 53.7 Å². The molecular formula is C22H24FN5O2S. The molecule has 2 aromatic carbocycles. The third-order valence-corrected chi connectivity index (χ3v) is 5.63. The molecule has 1 atom stereocenters. The molecular weight excluding hydrogens is 417 g/mol. The Kier molecular flexibility index (Phi) is 7.41. The van der Waals surface area contributed by atoms with E-state index in [1.807, 2.05) is 43.5 Å². The average molecular weight is 442 g/mol. The molecule has 0 radical (unpaired) electrons. The van der Waals surface area contributed by atoms with Gasteiger partial charge < -0.3 is 15.2 Å². The molecule has 0 bridgehead atoms. The van der Waals surface area contributed by atoms with E-state index in [-0.39, 0.29) is 29.3 Å². The number of amides is 2. The van der Waals surface area contributed by atoms with Crippen molar-refractivity contribution in [1.82, 2.24) is 20.1 Å². The SMILES string of the molecule is CCn1c(SCC(=O)Nc2ccccc2F)nnc1[C@H](C)NC(=O)c1ccccc1C. The fraction of sp³-hybridized carbons (Fsp3) is 0.273. The molecule has 7 nitrogen and oxygen atoms in total. The maximum Gasteiger partial charge on any atom is 0.252 e. The zero-order chi connectivity index (χ0) is 22.4. The van der Waals surface area contributed by atoms with Crippen molar-refractivity contribution in [2.24, 2.45) is 0 Å². The Hall–Kier alpha value is -3.20. The molecule has 0 fully saturated rings. The van der Waals surface area contributed by atoms with E-state index in [1.54, 1.807) is 18.2 Å². The van der Waals surface area contributed by atoms with Gasteiger partial charge in [-0.05, 0) is 44.5 Å². The number of aromatic nitrogens is 3. The Morgan fingerprint density at radius 1 is 1.13 bits per heavy atom. The van der Waals surface area contributed by atoms with Gasteiger partial charge in [0.1, 0.15) is 5.82 Å². The number of nitrogens with one attached hydrogen (secondary N) is 2. The summed E-state index contributed by atoms with van der Waals surface area (Å²) in [5.41, 5.74) is 1.64. The Morgan fingerprint density at radius 2 is 1.84 bits per heavy atom. The predicted molar refractivity (Wildman–Crippen MR) is 119 cm³/mol. The summed E-state index contributed by atoms with van der Waals surface area (Å²) in [5, 5.41) is 14.4. The van der Waals surface area contributed by atoms with Crippen LogP contribution in [0.2, 0.25) is 0 Å². The summed E-state index contributed by atoms with van der Waals surface area (Å²) in [6, 6.07) is 13.0. The first-order valence-electron chi connectivity index (χ1n) is 9.87. The lowest BCUT2D eigenvalue weighted by atomic mass is 10.1. The lowest BCUT2D eigenvalue weighted by molar-refractivity contribution is -0.113. The van der Waals surface area contributed by atoms with Gasteiger partial charge in [0.05, 0.1) is 17.5 Å². The highest BCUT2D eigenvalue weighted by Crippen LogP contribution is 2.22. The third kappa shape index (κ3) is 5.49. The smallest absolute Gasteiger partial charge is 0.252 e. The summed E-state index contributed by atoms with van der Waals surface area (Å²) >= 11 is 1.20. The number of carbonyl (C=O) groups is 2. The summed E-state index contributed by atoms with van der Waals surface area (Å²) in [4.78, 5) is 24.8. The summed E-state index contributed by atoms with van der Waals surface area (Å²) < 4.78 is 15.5. The highest BCUT2D eigenvalue weighted by Gasteiger charge is 2.21. The number of hydrogen-bond donors (Lipinski definition) is 2. The number of anilines is 1. The van der Waals surface area contributed by atoms with E-state index in [0.717, 1.165) is 5.56 Å². The maximum absolute atomic E-state index is 13.7. The van der Waals surface area contributed by atoms with E-state index >= 15 is 0 Å². The Morgan fingerprint density at radius 3 is 2.55 bits per heavy atom. The zero-order valence-electron chi connectivity index (χ0n) is 17.6. The third-order valence-electron chi connectivity index (χ3n) is 4.67. The van der Waals surface area contributed by atoms with Crippen LogP contribution in [-0.4, -0.2) is 32.3 Å². The number of para-hydroxylation sites is 1. The van der Waals surface area contributed by atoms with Crippen LogP contribution in [0.4, 0.5) is 10.1 Å². The minimum absolute atomic E-state index is 0.0520. The fourth-order valence-electron chi connectivity index (χ4n) is 3.07. The van der Waals surface area contributed by atoms with Crippen molar-refractivity contribution >= 4 is 29.3 Å². The van der Waals surface area contributed by atoms with E-state index in [0.29, 0.717) is 23.1 Å². The quantitative estimate of drug-likeness (QED) is 0.517. The van der Waals surface area contributed by atoms with Gasteiger partial charge in [-0.2, -0.15) is 0 Å². The Balaban J connectivity index is 1.64. The van der Waals surface area contributed by atoms with Gasteiger partial charge >= 0.3 is 0 Å². The molecule has 162 valence electrons. The minimum Gasteiger partial charge on any atom is -0.342 e. The van der Waals surface area contributed by atoms with Crippen LogP contribution in [0.25, 0.3) is 0 Å². The van der Waals surface area contributed by atoms with Crippen LogP contribution in [0.3, 0.4) is 0 Å². The fourth-order valence-corrected chi connectivity index (χ4v) is 3.88. The van der Waals surface area contributed by atoms with Gasteiger partial charge in [-0.3, -0.25) is 9.59 Å². The van der Waals surface area contributed by atoms with Gasteiger partial charge in [0.2, 0.25) is 5.91 Å². The molecule has 0 saturated carbocycles. The van der Waals surface area contributed by atoms with E-state index in [2.05, 4.69) is 20.8 Å². The topological polar surface area (TPSA) is 88.9 Å². The molecule has 0 unspecified atom stereocenters. The average Bonchev–Trinajstić information content (AvgIpc) is 3.17. The van der Waals surface area contributed by atoms with Gasteiger partial charge in [0, 0.05) is 12.1 Å². The van der Waals surface area contributed by atoms with Crippen LogP contribution in [0.5, 0.6) is 0 Å². The number of nitrogens with zero attached hydrogens (tertiary/aromatic N) is 3. The summed E-state index contributed by atoms with van der Waals surface area (Å²) in [6.07, 6.45) is 0. The molecule has 3 aromatic rings. The lowest BCUT2D eigenvalue weighted by Crippen LogP contribution is -2.29. The molecule has 0 spiro atoms. The molecule has 31 heavy (non-hydrogen) atoms. The van der Waals surface area contributed by atoms with Crippen LogP contribution in [0.1, 0.15) is 41.6 Å². The first-order chi connectivity index (χ1) is 14.9. The van der Waals surface area contributed by atoms with Crippen LogP contribution in [-0.2, 0) is 11.3 Å². The Labute approximate surface area is 184 Å². The van der Waals surface area contributed by atoms with Crippen molar-refractivity contribution in [3.05, 3.63) is 71.3 Å². The van der Waals surface area contributed by atoms with E-state index in [4.69, 9.17) is 0 Å². The number of thioether (sulfide) groups is 1. The van der Waals surface area contributed by atoms with Crippen LogP contribution in [0, 0.1) is 12.7 Å².